The Bertz CT molecular complexity index is 779. The third-order valence-corrected chi connectivity index (χ3v) is 3.60. The number of benzene rings is 2. The van der Waals surface area contributed by atoms with Gasteiger partial charge in [0.1, 0.15) is 11.8 Å². The van der Waals surface area contributed by atoms with Gasteiger partial charge in [0.2, 0.25) is 5.91 Å². The van der Waals surface area contributed by atoms with Gasteiger partial charge in [-0.05, 0) is 31.2 Å². The normalized spacial score (nSPS) is 12.2. The van der Waals surface area contributed by atoms with E-state index in [0.717, 1.165) is 0 Å². The Balaban J connectivity index is 2.36. The zero-order valence-corrected chi connectivity index (χ0v) is 14.1. The molecule has 0 aromatic heterocycles. The van der Waals surface area contributed by atoms with Crippen LogP contribution in [0, 0.1) is 0 Å². The molecule has 0 saturated carbocycles. The molecular formula is C18H17F3N2O3. The lowest BCUT2D eigenvalue weighted by molar-refractivity contribution is -0.171. The molecule has 8 heteroatoms. The van der Waals surface area contributed by atoms with Gasteiger partial charge in [-0.15, -0.1) is 0 Å². The fraction of sp³-hybridized carbons (Fsp3) is 0.222. The number of methoxy groups -OCH3 is 1. The first kappa shape index (κ1) is 19.3. The van der Waals surface area contributed by atoms with Crippen molar-refractivity contribution < 1.29 is 27.5 Å². The summed E-state index contributed by atoms with van der Waals surface area (Å²) in [7, 11) is 1.35. The number of ether oxygens (including phenoxy) is 1. The van der Waals surface area contributed by atoms with Crippen molar-refractivity contribution in [1.29, 1.82) is 0 Å². The molecular weight excluding hydrogens is 349 g/mol. The predicted molar refractivity (Wildman–Crippen MR) is 91.1 cm³/mol. The molecule has 138 valence electrons. The number of nitrogens with zero attached hydrogens (tertiary/aromatic N) is 1. The fourth-order valence-corrected chi connectivity index (χ4v) is 2.30. The monoisotopic (exact) mass is 366 g/mol. The summed E-state index contributed by atoms with van der Waals surface area (Å²) >= 11 is 0. The number of amides is 2. The molecule has 26 heavy (non-hydrogen) atoms. The second-order valence-corrected chi connectivity index (χ2v) is 5.41. The van der Waals surface area contributed by atoms with Crippen LogP contribution >= 0.6 is 0 Å². The minimum absolute atomic E-state index is 0.0950. The Kier molecular flexibility index (Phi) is 5.86. The highest BCUT2D eigenvalue weighted by Crippen LogP contribution is 2.28. The predicted octanol–water partition coefficient (Wildman–Crippen LogP) is 3.62. The van der Waals surface area contributed by atoms with Crippen LogP contribution in [0.5, 0.6) is 5.75 Å². The first-order valence-corrected chi connectivity index (χ1v) is 7.64. The van der Waals surface area contributed by atoms with Gasteiger partial charge in [0.05, 0.1) is 7.11 Å². The molecule has 1 unspecified atom stereocenters. The number of alkyl halides is 3. The molecule has 0 aliphatic heterocycles. The highest BCUT2D eigenvalue weighted by atomic mass is 19.4. The zero-order chi connectivity index (χ0) is 19.3. The van der Waals surface area contributed by atoms with Gasteiger partial charge in [-0.1, -0.05) is 24.3 Å². The number of anilines is 2. The maximum Gasteiger partial charge on any atom is 0.471 e. The van der Waals surface area contributed by atoms with Crippen molar-refractivity contribution in [2.45, 2.75) is 19.1 Å². The Hall–Kier alpha value is -3.03. The van der Waals surface area contributed by atoms with Crippen molar-refractivity contribution in [1.82, 2.24) is 0 Å². The average molecular weight is 366 g/mol. The molecule has 1 atom stereocenters. The van der Waals surface area contributed by atoms with E-state index in [0.29, 0.717) is 10.6 Å². The van der Waals surface area contributed by atoms with Gasteiger partial charge >= 0.3 is 12.1 Å². The second kappa shape index (κ2) is 7.90. The molecule has 2 aromatic carbocycles. The van der Waals surface area contributed by atoms with E-state index in [1.54, 1.807) is 30.3 Å². The van der Waals surface area contributed by atoms with E-state index in [2.05, 4.69) is 5.32 Å². The molecule has 5 nitrogen and oxygen atoms in total. The highest BCUT2D eigenvalue weighted by molar-refractivity contribution is 6.06. The quantitative estimate of drug-likeness (QED) is 0.879. The number of halogens is 3. The smallest absolute Gasteiger partial charge is 0.471 e. The fourth-order valence-electron chi connectivity index (χ4n) is 2.30. The van der Waals surface area contributed by atoms with Gasteiger partial charge in [0, 0.05) is 17.4 Å². The Labute approximate surface area is 148 Å². The molecule has 0 heterocycles. The lowest BCUT2D eigenvalue weighted by atomic mass is 10.2. The molecule has 2 rings (SSSR count). The standard InChI is InChI=1S/C18H17F3N2O3/c1-12(16(24)22-13-7-4-3-5-8-13)23(17(25)18(19,20)21)14-9-6-10-15(11-14)26-2/h3-12H,1-2H3,(H,22,24). The van der Waals surface area contributed by atoms with Gasteiger partial charge in [0.25, 0.3) is 0 Å². The molecule has 1 N–H and O–H groups in total. The first-order chi connectivity index (χ1) is 12.2. The number of carbonyl (C=O) groups is 2. The number of para-hydroxylation sites is 1. The summed E-state index contributed by atoms with van der Waals surface area (Å²) < 4.78 is 44.2. The molecule has 0 aliphatic carbocycles. The number of carbonyl (C=O) groups excluding carboxylic acids is 2. The van der Waals surface area contributed by atoms with Crippen molar-refractivity contribution in [3.8, 4) is 5.75 Å². The molecule has 0 aliphatic rings. The van der Waals surface area contributed by atoms with Gasteiger partial charge in [-0.2, -0.15) is 13.2 Å². The maximum absolute atomic E-state index is 13.1. The van der Waals surface area contributed by atoms with Crippen molar-refractivity contribution in [2.75, 3.05) is 17.3 Å². The summed E-state index contributed by atoms with van der Waals surface area (Å²) in [4.78, 5) is 24.8. The van der Waals surface area contributed by atoms with Gasteiger partial charge in [0.15, 0.2) is 0 Å². The molecule has 0 saturated heterocycles. The van der Waals surface area contributed by atoms with Gasteiger partial charge in [-0.25, -0.2) is 0 Å². The second-order valence-electron chi connectivity index (χ2n) is 5.41. The number of hydrogen-bond acceptors (Lipinski definition) is 3. The highest BCUT2D eigenvalue weighted by Gasteiger charge is 2.46. The topological polar surface area (TPSA) is 58.6 Å². The molecule has 0 radical (unpaired) electrons. The van der Waals surface area contributed by atoms with Crippen LogP contribution in [0.2, 0.25) is 0 Å². The van der Waals surface area contributed by atoms with E-state index in [9.17, 15) is 22.8 Å². The third kappa shape index (κ3) is 4.53. The van der Waals surface area contributed by atoms with Crippen molar-refractivity contribution >= 4 is 23.2 Å². The summed E-state index contributed by atoms with van der Waals surface area (Å²) in [6, 6.07) is 12.4. The molecule has 2 aromatic rings. The lowest BCUT2D eigenvalue weighted by Crippen LogP contribution is -2.51. The van der Waals surface area contributed by atoms with E-state index in [1.807, 2.05) is 0 Å². The van der Waals surface area contributed by atoms with Crippen molar-refractivity contribution in [3.63, 3.8) is 0 Å². The summed E-state index contributed by atoms with van der Waals surface area (Å²) in [5, 5.41) is 2.50. The van der Waals surface area contributed by atoms with Crippen LogP contribution in [0.15, 0.2) is 54.6 Å². The number of rotatable bonds is 5. The summed E-state index contributed by atoms with van der Waals surface area (Å²) in [5.74, 6) is -2.63. The largest absolute Gasteiger partial charge is 0.497 e. The van der Waals surface area contributed by atoms with E-state index in [1.165, 1.54) is 38.3 Å². The van der Waals surface area contributed by atoms with Gasteiger partial charge < -0.3 is 10.1 Å². The molecule has 2 amide bonds. The minimum atomic E-state index is -5.13. The molecule has 0 bridgehead atoms. The van der Waals surface area contributed by atoms with Crippen molar-refractivity contribution in [3.05, 3.63) is 54.6 Å². The van der Waals surface area contributed by atoms with Crippen LogP contribution < -0.4 is 15.0 Å². The van der Waals surface area contributed by atoms with Crippen LogP contribution in [-0.4, -0.2) is 31.1 Å². The Morgan fingerprint density at radius 2 is 1.73 bits per heavy atom. The summed E-state index contributed by atoms with van der Waals surface area (Å²) in [6.07, 6.45) is -5.13. The number of hydrogen-bond donors (Lipinski definition) is 1. The summed E-state index contributed by atoms with van der Waals surface area (Å²) in [6.45, 7) is 1.22. The molecule has 0 fully saturated rings. The van der Waals surface area contributed by atoms with Crippen LogP contribution in [0.4, 0.5) is 24.5 Å². The molecule has 0 spiro atoms. The zero-order valence-electron chi connectivity index (χ0n) is 14.1. The SMILES string of the molecule is COc1cccc(N(C(=O)C(F)(F)F)C(C)C(=O)Nc2ccccc2)c1. The van der Waals surface area contributed by atoms with E-state index in [4.69, 9.17) is 4.74 Å². The Morgan fingerprint density at radius 3 is 2.31 bits per heavy atom. The third-order valence-electron chi connectivity index (χ3n) is 3.60. The van der Waals surface area contributed by atoms with Crippen LogP contribution in [0.1, 0.15) is 6.92 Å². The lowest BCUT2D eigenvalue weighted by Gasteiger charge is -2.29. The number of nitrogens with one attached hydrogen (secondary N) is 1. The van der Waals surface area contributed by atoms with Crippen molar-refractivity contribution in [2.24, 2.45) is 0 Å². The Morgan fingerprint density at radius 1 is 1.08 bits per heavy atom. The average Bonchev–Trinajstić information content (AvgIpc) is 2.62. The van der Waals surface area contributed by atoms with Crippen LogP contribution in [-0.2, 0) is 9.59 Å². The van der Waals surface area contributed by atoms with Crippen LogP contribution in [0.25, 0.3) is 0 Å². The summed E-state index contributed by atoms with van der Waals surface area (Å²) in [5.41, 5.74) is 0.316. The van der Waals surface area contributed by atoms with Gasteiger partial charge in [-0.3, -0.25) is 14.5 Å². The minimum Gasteiger partial charge on any atom is -0.497 e. The first-order valence-electron chi connectivity index (χ1n) is 7.64. The maximum atomic E-state index is 13.1. The van der Waals surface area contributed by atoms with Crippen LogP contribution in [0.3, 0.4) is 0 Å². The van der Waals surface area contributed by atoms with E-state index < -0.39 is 24.0 Å². The van der Waals surface area contributed by atoms with E-state index >= 15 is 0 Å². The van der Waals surface area contributed by atoms with E-state index in [-0.39, 0.29) is 11.4 Å².